The van der Waals surface area contributed by atoms with Crippen molar-refractivity contribution in [2.24, 2.45) is 7.05 Å². The number of imidazole rings is 1. The Hall–Kier alpha value is -2.65. The predicted octanol–water partition coefficient (Wildman–Crippen LogP) is 0.622. The van der Waals surface area contributed by atoms with Crippen LogP contribution in [0.4, 0.5) is 5.82 Å². The maximum absolute atomic E-state index is 5.47. The summed E-state index contributed by atoms with van der Waals surface area (Å²) in [7, 11) is 4.00. The van der Waals surface area contributed by atoms with Crippen LogP contribution in [-0.2, 0) is 24.9 Å². The van der Waals surface area contributed by atoms with E-state index in [1.807, 2.05) is 31.1 Å². The van der Waals surface area contributed by atoms with Crippen molar-refractivity contribution in [3.63, 3.8) is 0 Å². The largest absolute Gasteiger partial charge is 0.378 e. The highest BCUT2D eigenvalue weighted by Gasteiger charge is 2.20. The Balaban J connectivity index is 1.61. The van der Waals surface area contributed by atoms with Gasteiger partial charge in [0.2, 0.25) is 0 Å². The Morgan fingerprint density at radius 2 is 1.88 bits per heavy atom. The second-order valence-electron chi connectivity index (χ2n) is 6.51. The van der Waals surface area contributed by atoms with E-state index in [2.05, 4.69) is 24.8 Å². The Bertz CT molecular complexity index is 875. The Morgan fingerprint density at radius 1 is 1.12 bits per heavy atom. The molecule has 0 aromatic carbocycles. The van der Waals surface area contributed by atoms with Crippen LogP contribution >= 0.6 is 0 Å². The zero-order chi connectivity index (χ0) is 17.9. The number of anilines is 1. The number of hydrogen-bond donors (Lipinski definition) is 0. The van der Waals surface area contributed by atoms with Crippen LogP contribution in [0.1, 0.15) is 11.4 Å². The summed E-state index contributed by atoms with van der Waals surface area (Å²) in [6, 6.07) is 0. The lowest BCUT2D eigenvalue weighted by atomic mass is 10.3. The molecule has 136 valence electrons. The van der Waals surface area contributed by atoms with Crippen LogP contribution in [0, 0.1) is 0 Å². The summed E-state index contributed by atoms with van der Waals surface area (Å²) in [6.45, 7) is 4.43. The van der Waals surface area contributed by atoms with Gasteiger partial charge in [-0.15, -0.1) is 0 Å². The minimum Gasteiger partial charge on any atom is -0.378 e. The fourth-order valence-electron chi connectivity index (χ4n) is 3.12. The van der Waals surface area contributed by atoms with Crippen molar-refractivity contribution in [2.75, 3.05) is 38.3 Å². The fourth-order valence-corrected chi connectivity index (χ4v) is 3.12. The molecule has 0 bridgehead atoms. The van der Waals surface area contributed by atoms with Crippen LogP contribution in [0.15, 0.2) is 25.0 Å². The van der Waals surface area contributed by atoms with Crippen molar-refractivity contribution in [1.29, 1.82) is 0 Å². The highest BCUT2D eigenvalue weighted by atomic mass is 16.5. The maximum atomic E-state index is 5.47. The molecule has 3 aromatic rings. The number of nitrogens with zero attached hydrogens (tertiary/aromatic N) is 8. The SMILES string of the molecule is CN(Cc1cncnc1)Cc1nc(N2CCOCC2)c2ncn(C)c2n1. The van der Waals surface area contributed by atoms with Gasteiger partial charge >= 0.3 is 0 Å². The first-order valence-electron chi connectivity index (χ1n) is 8.64. The van der Waals surface area contributed by atoms with Gasteiger partial charge in [-0.3, -0.25) is 4.90 Å². The van der Waals surface area contributed by atoms with Gasteiger partial charge in [-0.1, -0.05) is 0 Å². The lowest BCUT2D eigenvalue weighted by molar-refractivity contribution is 0.122. The molecule has 0 amide bonds. The van der Waals surface area contributed by atoms with E-state index in [1.54, 1.807) is 6.33 Å². The summed E-state index contributed by atoms with van der Waals surface area (Å²) < 4.78 is 7.41. The van der Waals surface area contributed by atoms with Crippen LogP contribution in [0.3, 0.4) is 0 Å². The molecular weight excluding hydrogens is 332 g/mol. The molecule has 9 heteroatoms. The number of aryl methyl sites for hydroxylation is 1. The average molecular weight is 354 g/mol. The van der Waals surface area contributed by atoms with E-state index in [4.69, 9.17) is 14.7 Å². The number of fused-ring (bicyclic) bond motifs is 1. The molecule has 4 rings (SSSR count). The summed E-state index contributed by atoms with van der Waals surface area (Å²) in [6.07, 6.45) is 6.98. The minimum atomic E-state index is 0.632. The van der Waals surface area contributed by atoms with E-state index >= 15 is 0 Å². The van der Waals surface area contributed by atoms with E-state index in [1.165, 1.54) is 6.33 Å². The fraction of sp³-hybridized carbons (Fsp3) is 0.471. The summed E-state index contributed by atoms with van der Waals surface area (Å²) in [5.41, 5.74) is 2.76. The molecule has 0 atom stereocenters. The third-order valence-corrected chi connectivity index (χ3v) is 4.38. The molecule has 26 heavy (non-hydrogen) atoms. The molecule has 0 saturated carbocycles. The molecule has 1 fully saturated rings. The molecular formula is C17H22N8O. The molecule has 0 unspecified atom stereocenters. The van der Waals surface area contributed by atoms with Crippen LogP contribution in [0.2, 0.25) is 0 Å². The number of rotatable bonds is 5. The average Bonchev–Trinajstić information content (AvgIpc) is 3.04. The molecule has 0 spiro atoms. The summed E-state index contributed by atoms with van der Waals surface area (Å²) in [5.74, 6) is 1.67. The van der Waals surface area contributed by atoms with Gasteiger partial charge in [-0.05, 0) is 7.05 Å². The van der Waals surface area contributed by atoms with E-state index in [-0.39, 0.29) is 0 Å². The number of aromatic nitrogens is 6. The monoisotopic (exact) mass is 354 g/mol. The molecule has 0 radical (unpaired) electrons. The smallest absolute Gasteiger partial charge is 0.165 e. The first-order chi connectivity index (χ1) is 12.7. The molecule has 3 aromatic heterocycles. The van der Waals surface area contributed by atoms with E-state index < -0.39 is 0 Å². The van der Waals surface area contributed by atoms with Gasteiger partial charge in [-0.25, -0.2) is 24.9 Å². The van der Waals surface area contributed by atoms with Gasteiger partial charge in [0.05, 0.1) is 26.1 Å². The van der Waals surface area contributed by atoms with Crippen LogP contribution in [0.5, 0.6) is 0 Å². The number of morpholine rings is 1. The summed E-state index contributed by atoms with van der Waals surface area (Å²) >= 11 is 0. The van der Waals surface area contributed by atoms with E-state index in [0.717, 1.165) is 48.0 Å². The van der Waals surface area contributed by atoms with Gasteiger partial charge in [0.1, 0.15) is 12.2 Å². The summed E-state index contributed by atoms with van der Waals surface area (Å²) in [4.78, 5) is 26.6. The topological polar surface area (TPSA) is 85.1 Å². The first-order valence-corrected chi connectivity index (χ1v) is 8.64. The van der Waals surface area contributed by atoms with Crippen LogP contribution < -0.4 is 4.90 Å². The standard InChI is InChI=1S/C17H22N8O/c1-23(9-13-7-18-11-19-8-13)10-14-21-16-15(20-12-24(16)2)17(22-14)25-3-5-26-6-4-25/h7-8,11-12H,3-6,9-10H2,1-2H3. The van der Waals surface area contributed by atoms with Crippen molar-refractivity contribution < 1.29 is 4.74 Å². The molecule has 0 aliphatic carbocycles. The van der Waals surface area contributed by atoms with Gasteiger partial charge in [-0.2, -0.15) is 0 Å². The number of ether oxygens (including phenoxy) is 1. The lowest BCUT2D eigenvalue weighted by Gasteiger charge is -2.28. The van der Waals surface area contributed by atoms with Crippen molar-refractivity contribution in [3.05, 3.63) is 36.4 Å². The maximum Gasteiger partial charge on any atom is 0.165 e. The second-order valence-corrected chi connectivity index (χ2v) is 6.51. The number of hydrogen-bond acceptors (Lipinski definition) is 8. The molecule has 4 heterocycles. The first kappa shape index (κ1) is 16.8. The molecule has 0 N–H and O–H groups in total. The molecule has 1 aliphatic rings. The zero-order valence-corrected chi connectivity index (χ0v) is 15.0. The van der Waals surface area contributed by atoms with Crippen molar-refractivity contribution in [1.82, 2.24) is 34.4 Å². The van der Waals surface area contributed by atoms with Crippen molar-refractivity contribution >= 4 is 17.0 Å². The van der Waals surface area contributed by atoms with E-state index in [9.17, 15) is 0 Å². The molecule has 1 aliphatic heterocycles. The molecule has 9 nitrogen and oxygen atoms in total. The predicted molar refractivity (Wildman–Crippen MR) is 96.5 cm³/mol. The Morgan fingerprint density at radius 3 is 2.65 bits per heavy atom. The van der Waals surface area contributed by atoms with Crippen LogP contribution in [-0.4, -0.2) is 67.7 Å². The highest BCUT2D eigenvalue weighted by molar-refractivity contribution is 5.83. The second kappa shape index (κ2) is 7.30. The zero-order valence-electron chi connectivity index (χ0n) is 15.0. The normalized spacial score (nSPS) is 15.1. The van der Waals surface area contributed by atoms with Gasteiger partial charge in [0.25, 0.3) is 0 Å². The third-order valence-electron chi connectivity index (χ3n) is 4.38. The van der Waals surface area contributed by atoms with Gasteiger partial charge < -0.3 is 14.2 Å². The van der Waals surface area contributed by atoms with Gasteiger partial charge in [0.15, 0.2) is 17.0 Å². The Labute approximate surface area is 151 Å². The molecule has 1 saturated heterocycles. The highest BCUT2D eigenvalue weighted by Crippen LogP contribution is 2.23. The Kier molecular flexibility index (Phi) is 4.72. The third kappa shape index (κ3) is 3.49. The van der Waals surface area contributed by atoms with Crippen LogP contribution in [0.25, 0.3) is 11.2 Å². The summed E-state index contributed by atoms with van der Waals surface area (Å²) in [5, 5.41) is 0. The lowest BCUT2D eigenvalue weighted by Crippen LogP contribution is -2.37. The van der Waals surface area contributed by atoms with Gasteiger partial charge in [0, 0.05) is 44.6 Å². The minimum absolute atomic E-state index is 0.632. The van der Waals surface area contributed by atoms with Crippen molar-refractivity contribution in [3.8, 4) is 0 Å². The van der Waals surface area contributed by atoms with Crippen molar-refractivity contribution in [2.45, 2.75) is 13.1 Å². The van der Waals surface area contributed by atoms with E-state index in [0.29, 0.717) is 19.8 Å². The quantitative estimate of drug-likeness (QED) is 0.659.